The summed E-state index contributed by atoms with van der Waals surface area (Å²) >= 11 is 0. The van der Waals surface area contributed by atoms with E-state index in [0.717, 1.165) is 19.1 Å². The molecule has 4 nitrogen and oxygen atoms in total. The van der Waals surface area contributed by atoms with Gasteiger partial charge in [-0.15, -0.1) is 0 Å². The average molecular weight is 235 g/mol. The van der Waals surface area contributed by atoms with Gasteiger partial charge in [-0.3, -0.25) is 0 Å². The first-order valence-electron chi connectivity index (χ1n) is 6.72. The quantitative estimate of drug-likeness (QED) is 0.763. The number of hydrogen-bond donors (Lipinski definition) is 1. The minimum absolute atomic E-state index is 0.704. The molecule has 0 radical (unpaired) electrons. The summed E-state index contributed by atoms with van der Waals surface area (Å²) < 4.78 is 8.04. The van der Waals surface area contributed by atoms with Crippen LogP contribution in [0.15, 0.2) is 12.5 Å². The van der Waals surface area contributed by atoms with Gasteiger partial charge in [0.15, 0.2) is 0 Å². The molecule has 2 aliphatic rings. The van der Waals surface area contributed by atoms with Gasteiger partial charge in [-0.25, -0.2) is 4.98 Å². The van der Waals surface area contributed by atoms with Crippen LogP contribution in [0.1, 0.15) is 37.4 Å². The lowest BCUT2D eigenvalue weighted by atomic mass is 10.1. The number of ether oxygens (including phenoxy) is 1. The third-order valence-corrected chi connectivity index (χ3v) is 3.77. The highest BCUT2D eigenvalue weighted by molar-refractivity contribution is 5.02. The first kappa shape index (κ1) is 11.2. The van der Waals surface area contributed by atoms with Gasteiger partial charge < -0.3 is 14.6 Å². The molecule has 1 aromatic rings. The Morgan fingerprint density at radius 3 is 3.12 bits per heavy atom. The van der Waals surface area contributed by atoms with Crippen LogP contribution < -0.4 is 5.32 Å². The summed E-state index contributed by atoms with van der Waals surface area (Å²) in [4.78, 5) is 4.21. The van der Waals surface area contributed by atoms with Crippen molar-refractivity contribution in [3.05, 3.63) is 18.2 Å². The van der Waals surface area contributed by atoms with Gasteiger partial charge in [0.05, 0.1) is 24.8 Å². The largest absolute Gasteiger partial charge is 0.375 e. The molecule has 94 valence electrons. The molecule has 1 aromatic heterocycles. The lowest BCUT2D eigenvalue weighted by molar-refractivity contribution is 0.104. The van der Waals surface area contributed by atoms with Crippen molar-refractivity contribution in [2.75, 3.05) is 19.7 Å². The topological polar surface area (TPSA) is 39.1 Å². The molecule has 17 heavy (non-hydrogen) atoms. The van der Waals surface area contributed by atoms with Gasteiger partial charge in [-0.2, -0.15) is 0 Å². The zero-order chi connectivity index (χ0) is 11.5. The van der Waals surface area contributed by atoms with E-state index in [1.165, 1.54) is 44.5 Å². The van der Waals surface area contributed by atoms with E-state index < -0.39 is 0 Å². The minimum atomic E-state index is 0.704. The van der Waals surface area contributed by atoms with Crippen LogP contribution in [-0.2, 0) is 11.3 Å². The molecule has 1 aliphatic heterocycles. The lowest BCUT2D eigenvalue weighted by Gasteiger charge is -2.10. The first-order chi connectivity index (χ1) is 8.43. The van der Waals surface area contributed by atoms with Crippen molar-refractivity contribution in [1.29, 1.82) is 0 Å². The molecule has 1 N–H and O–H groups in total. The van der Waals surface area contributed by atoms with Crippen LogP contribution in [0.25, 0.3) is 0 Å². The maximum absolute atomic E-state index is 5.77. The van der Waals surface area contributed by atoms with Gasteiger partial charge in [-0.1, -0.05) is 0 Å². The van der Waals surface area contributed by atoms with Crippen molar-refractivity contribution in [2.45, 2.75) is 38.3 Å². The summed E-state index contributed by atoms with van der Waals surface area (Å²) in [6, 6.07) is 0.704. The molecule has 2 heterocycles. The van der Waals surface area contributed by atoms with E-state index in [0.29, 0.717) is 6.04 Å². The van der Waals surface area contributed by atoms with Crippen molar-refractivity contribution >= 4 is 0 Å². The van der Waals surface area contributed by atoms with Gasteiger partial charge in [0, 0.05) is 12.6 Å². The van der Waals surface area contributed by atoms with Gasteiger partial charge in [0.1, 0.15) is 0 Å². The predicted octanol–water partition coefficient (Wildman–Crippen LogP) is 1.73. The molecule has 1 aliphatic carbocycles. The number of nitrogens with zero attached hydrogens (tertiary/aromatic N) is 2. The number of aromatic nitrogens is 2. The van der Waals surface area contributed by atoms with Crippen LogP contribution in [0.5, 0.6) is 0 Å². The fourth-order valence-electron chi connectivity index (χ4n) is 2.51. The van der Waals surface area contributed by atoms with Gasteiger partial charge >= 0.3 is 0 Å². The van der Waals surface area contributed by atoms with E-state index >= 15 is 0 Å². The highest BCUT2D eigenvalue weighted by atomic mass is 16.5. The summed E-state index contributed by atoms with van der Waals surface area (Å²) in [5, 5.41) is 3.39. The van der Waals surface area contributed by atoms with E-state index in [9.17, 15) is 0 Å². The Balaban J connectivity index is 1.39. The summed E-state index contributed by atoms with van der Waals surface area (Å²) in [5.74, 6) is 0.823. The van der Waals surface area contributed by atoms with E-state index in [2.05, 4.69) is 14.9 Å². The third kappa shape index (κ3) is 2.87. The second-order valence-electron chi connectivity index (χ2n) is 5.22. The number of rotatable bonds is 6. The second-order valence-corrected chi connectivity index (χ2v) is 5.22. The van der Waals surface area contributed by atoms with E-state index in [1.807, 2.05) is 12.5 Å². The molecule has 3 rings (SSSR count). The SMILES string of the molecule is c1ncn(C2CC2)c1COCCC1CCNC1. The molecular formula is C13H21N3O. The fourth-order valence-corrected chi connectivity index (χ4v) is 2.51. The Morgan fingerprint density at radius 1 is 1.41 bits per heavy atom. The molecule has 2 fully saturated rings. The van der Waals surface area contributed by atoms with Gasteiger partial charge in [0.2, 0.25) is 0 Å². The summed E-state index contributed by atoms with van der Waals surface area (Å²) in [7, 11) is 0. The van der Waals surface area contributed by atoms with Crippen LogP contribution in [0.3, 0.4) is 0 Å². The molecule has 1 saturated heterocycles. The van der Waals surface area contributed by atoms with Crippen molar-refractivity contribution in [3.63, 3.8) is 0 Å². The van der Waals surface area contributed by atoms with Crippen molar-refractivity contribution in [2.24, 2.45) is 5.92 Å². The summed E-state index contributed by atoms with van der Waals surface area (Å²) in [6.07, 6.45) is 8.98. The molecule has 0 aromatic carbocycles. The van der Waals surface area contributed by atoms with Crippen LogP contribution in [0, 0.1) is 5.92 Å². The normalized spacial score (nSPS) is 24.4. The highest BCUT2D eigenvalue weighted by Gasteiger charge is 2.25. The van der Waals surface area contributed by atoms with Gasteiger partial charge in [0.25, 0.3) is 0 Å². The van der Waals surface area contributed by atoms with Crippen molar-refractivity contribution in [3.8, 4) is 0 Å². The Morgan fingerprint density at radius 2 is 2.35 bits per heavy atom. The molecular weight excluding hydrogens is 214 g/mol. The van der Waals surface area contributed by atoms with Crippen molar-refractivity contribution in [1.82, 2.24) is 14.9 Å². The number of imidazole rings is 1. The highest BCUT2D eigenvalue weighted by Crippen LogP contribution is 2.35. The zero-order valence-corrected chi connectivity index (χ0v) is 10.3. The monoisotopic (exact) mass is 235 g/mol. The Kier molecular flexibility index (Phi) is 3.43. The number of nitrogens with one attached hydrogen (secondary N) is 1. The van der Waals surface area contributed by atoms with E-state index in [4.69, 9.17) is 4.74 Å². The molecule has 0 amide bonds. The summed E-state index contributed by atoms with van der Waals surface area (Å²) in [6.45, 7) is 3.95. The third-order valence-electron chi connectivity index (χ3n) is 3.77. The Labute approximate surface area is 102 Å². The van der Waals surface area contributed by atoms with Crippen LogP contribution in [0.4, 0.5) is 0 Å². The molecule has 0 spiro atoms. The smallest absolute Gasteiger partial charge is 0.0951 e. The van der Waals surface area contributed by atoms with Crippen molar-refractivity contribution < 1.29 is 4.74 Å². The Bertz CT molecular complexity index is 353. The van der Waals surface area contributed by atoms with Crippen LogP contribution >= 0.6 is 0 Å². The maximum atomic E-state index is 5.77. The molecule has 1 saturated carbocycles. The molecule has 4 heteroatoms. The maximum Gasteiger partial charge on any atom is 0.0951 e. The predicted molar refractivity (Wildman–Crippen MR) is 65.7 cm³/mol. The Hall–Kier alpha value is -0.870. The average Bonchev–Trinajstić information content (AvgIpc) is 2.89. The van der Waals surface area contributed by atoms with Crippen LogP contribution in [-0.4, -0.2) is 29.2 Å². The molecule has 1 unspecified atom stereocenters. The number of hydrogen-bond acceptors (Lipinski definition) is 3. The lowest BCUT2D eigenvalue weighted by Crippen LogP contribution is -2.11. The molecule has 0 bridgehead atoms. The first-order valence-corrected chi connectivity index (χ1v) is 6.72. The standard InChI is InChI=1S/C13H21N3O/c1-2-12(1)16-10-15-8-13(16)9-17-6-4-11-3-5-14-7-11/h8,10-12,14H,1-7,9H2. The molecule has 1 atom stereocenters. The second kappa shape index (κ2) is 5.19. The minimum Gasteiger partial charge on any atom is -0.375 e. The van der Waals surface area contributed by atoms with Gasteiger partial charge in [-0.05, 0) is 44.7 Å². The zero-order valence-electron chi connectivity index (χ0n) is 10.3. The van der Waals surface area contributed by atoms with Crippen LogP contribution in [0.2, 0.25) is 0 Å². The van der Waals surface area contributed by atoms with E-state index in [-0.39, 0.29) is 0 Å². The fraction of sp³-hybridized carbons (Fsp3) is 0.769. The van der Waals surface area contributed by atoms with E-state index in [1.54, 1.807) is 0 Å². The summed E-state index contributed by atoms with van der Waals surface area (Å²) in [5.41, 5.74) is 1.23.